The van der Waals surface area contributed by atoms with Gasteiger partial charge in [-0.15, -0.1) is 0 Å². The van der Waals surface area contributed by atoms with E-state index in [9.17, 15) is 14.7 Å². The highest BCUT2D eigenvalue weighted by atomic mass is 16.5. The third kappa shape index (κ3) is 4.71. The van der Waals surface area contributed by atoms with Gasteiger partial charge in [0.25, 0.3) is 0 Å². The first kappa shape index (κ1) is 15.2. The molecule has 1 rings (SSSR count). The summed E-state index contributed by atoms with van der Waals surface area (Å²) in [6, 6.07) is 8.36. The van der Waals surface area contributed by atoms with E-state index < -0.39 is 12.0 Å². The van der Waals surface area contributed by atoms with Crippen molar-refractivity contribution in [3.63, 3.8) is 0 Å². The van der Waals surface area contributed by atoms with Gasteiger partial charge in [0.05, 0.1) is 0 Å². The highest BCUT2D eigenvalue weighted by Crippen LogP contribution is 2.08. The molecule has 5 nitrogen and oxygen atoms in total. The van der Waals surface area contributed by atoms with Crippen LogP contribution in [0, 0.1) is 0 Å². The largest absolute Gasteiger partial charge is 0.480 e. The van der Waals surface area contributed by atoms with Crippen molar-refractivity contribution in [2.24, 2.45) is 0 Å². The molecule has 0 aliphatic heterocycles. The number of likely N-dealkylation sites (N-methyl/N-ethyl adjacent to an activating group) is 1. The molecular formula is C14H19NO4. The average Bonchev–Trinajstić information content (AvgIpc) is 2.42. The third-order valence-electron chi connectivity index (χ3n) is 2.85. The van der Waals surface area contributed by atoms with Crippen LogP contribution in [-0.4, -0.2) is 48.2 Å². The molecule has 0 radical (unpaired) electrons. The highest BCUT2D eigenvalue weighted by Gasteiger charge is 2.26. The van der Waals surface area contributed by atoms with Crippen LogP contribution in [0.2, 0.25) is 0 Å². The molecule has 1 aromatic rings. The number of amides is 1. The van der Waals surface area contributed by atoms with Crippen LogP contribution in [0.5, 0.6) is 0 Å². The van der Waals surface area contributed by atoms with Gasteiger partial charge in [0, 0.05) is 20.1 Å². The molecule has 19 heavy (non-hydrogen) atoms. The monoisotopic (exact) mass is 265 g/mol. The van der Waals surface area contributed by atoms with Crippen molar-refractivity contribution in [3.05, 3.63) is 35.9 Å². The minimum Gasteiger partial charge on any atom is -0.480 e. The van der Waals surface area contributed by atoms with Gasteiger partial charge in [0.2, 0.25) is 5.91 Å². The molecule has 0 saturated heterocycles. The van der Waals surface area contributed by atoms with Gasteiger partial charge in [-0.05, 0) is 12.5 Å². The van der Waals surface area contributed by atoms with E-state index in [1.807, 2.05) is 30.3 Å². The van der Waals surface area contributed by atoms with Crippen LogP contribution >= 0.6 is 0 Å². The molecule has 1 unspecified atom stereocenters. The first-order chi connectivity index (χ1) is 9.06. The van der Waals surface area contributed by atoms with E-state index in [2.05, 4.69) is 0 Å². The number of carbonyl (C=O) groups excluding carboxylic acids is 1. The Morgan fingerprint density at radius 2 is 1.95 bits per heavy atom. The number of hydrogen-bond acceptors (Lipinski definition) is 3. The lowest BCUT2D eigenvalue weighted by molar-refractivity contribution is -0.150. The summed E-state index contributed by atoms with van der Waals surface area (Å²) in [6.07, 6.45) is 0.282. The number of benzene rings is 1. The molecule has 1 N–H and O–H groups in total. The number of hydrogen-bond donors (Lipinski definition) is 1. The van der Waals surface area contributed by atoms with Crippen molar-refractivity contribution in [1.82, 2.24) is 4.90 Å². The molecule has 1 amide bonds. The zero-order valence-corrected chi connectivity index (χ0v) is 11.2. The van der Waals surface area contributed by atoms with Crippen molar-refractivity contribution < 1.29 is 19.4 Å². The summed E-state index contributed by atoms with van der Waals surface area (Å²) in [5.41, 5.74) is 0.881. The first-order valence-corrected chi connectivity index (χ1v) is 6.16. The number of rotatable bonds is 7. The van der Waals surface area contributed by atoms with Crippen molar-refractivity contribution >= 4 is 11.9 Å². The summed E-state index contributed by atoms with van der Waals surface area (Å²) in [4.78, 5) is 24.3. The summed E-state index contributed by atoms with van der Waals surface area (Å²) in [7, 11) is 1.49. The molecule has 0 bridgehead atoms. The summed E-state index contributed by atoms with van der Waals surface area (Å²) >= 11 is 0. The van der Waals surface area contributed by atoms with Gasteiger partial charge >= 0.3 is 5.97 Å². The third-order valence-corrected chi connectivity index (χ3v) is 2.85. The highest BCUT2D eigenvalue weighted by molar-refractivity contribution is 5.84. The molecule has 1 aromatic carbocycles. The van der Waals surface area contributed by atoms with E-state index in [4.69, 9.17) is 4.74 Å². The molecule has 0 heterocycles. The van der Waals surface area contributed by atoms with Gasteiger partial charge in [-0.25, -0.2) is 4.79 Å². The quantitative estimate of drug-likeness (QED) is 0.804. The maximum atomic E-state index is 11.8. The first-order valence-electron chi connectivity index (χ1n) is 6.16. The van der Waals surface area contributed by atoms with Crippen LogP contribution in [-0.2, 0) is 20.7 Å². The van der Waals surface area contributed by atoms with Gasteiger partial charge < -0.3 is 14.7 Å². The van der Waals surface area contributed by atoms with E-state index in [-0.39, 0.29) is 18.9 Å². The lowest BCUT2D eigenvalue weighted by Gasteiger charge is -2.24. The fourth-order valence-corrected chi connectivity index (χ4v) is 1.69. The van der Waals surface area contributed by atoms with Crippen LogP contribution in [0.3, 0.4) is 0 Å². The molecular weight excluding hydrogens is 246 g/mol. The second kappa shape index (κ2) is 7.53. The van der Waals surface area contributed by atoms with Gasteiger partial charge in [-0.3, -0.25) is 4.79 Å². The Kier molecular flexibility index (Phi) is 6.02. The Bertz CT molecular complexity index is 419. The Hall–Kier alpha value is -1.88. The van der Waals surface area contributed by atoms with Crippen LogP contribution in [0.1, 0.15) is 12.5 Å². The van der Waals surface area contributed by atoms with Gasteiger partial charge in [-0.2, -0.15) is 0 Å². The molecule has 0 aromatic heterocycles. The molecule has 1 atom stereocenters. The fourth-order valence-electron chi connectivity index (χ4n) is 1.69. The van der Waals surface area contributed by atoms with Crippen LogP contribution < -0.4 is 0 Å². The molecule has 0 aliphatic carbocycles. The predicted molar refractivity (Wildman–Crippen MR) is 70.8 cm³/mol. The Labute approximate surface area is 112 Å². The SMILES string of the molecule is CCOCC(=O)N(C)C(Cc1ccccc1)C(=O)O. The van der Waals surface area contributed by atoms with Gasteiger partial charge in [0.15, 0.2) is 0 Å². The lowest BCUT2D eigenvalue weighted by Crippen LogP contribution is -2.45. The maximum Gasteiger partial charge on any atom is 0.326 e. The summed E-state index contributed by atoms with van der Waals surface area (Å²) in [5, 5.41) is 9.24. The minimum absolute atomic E-state index is 0.0917. The Morgan fingerprint density at radius 3 is 2.47 bits per heavy atom. The number of carboxylic acids is 1. The molecule has 0 saturated carbocycles. The maximum absolute atomic E-state index is 11.8. The average molecular weight is 265 g/mol. The standard InChI is InChI=1S/C14H19NO4/c1-3-19-10-13(16)15(2)12(14(17)18)9-11-7-5-4-6-8-11/h4-8,12H,3,9-10H2,1-2H3,(H,17,18). The molecule has 5 heteroatoms. The van der Waals surface area contributed by atoms with E-state index in [0.29, 0.717) is 6.61 Å². The van der Waals surface area contributed by atoms with Crippen molar-refractivity contribution in [3.8, 4) is 0 Å². The molecule has 104 valence electrons. The van der Waals surface area contributed by atoms with Crippen LogP contribution in [0.4, 0.5) is 0 Å². The van der Waals surface area contributed by atoms with Gasteiger partial charge in [-0.1, -0.05) is 30.3 Å². The smallest absolute Gasteiger partial charge is 0.326 e. The second-order valence-electron chi connectivity index (χ2n) is 4.19. The number of aliphatic carboxylic acids is 1. The summed E-state index contributed by atoms with van der Waals surface area (Å²) < 4.78 is 5.01. The number of nitrogens with zero attached hydrogens (tertiary/aromatic N) is 1. The van der Waals surface area contributed by atoms with E-state index in [1.165, 1.54) is 11.9 Å². The van der Waals surface area contributed by atoms with E-state index >= 15 is 0 Å². The molecule has 0 spiro atoms. The van der Waals surface area contributed by atoms with E-state index in [1.54, 1.807) is 6.92 Å². The minimum atomic E-state index is -1.02. The van der Waals surface area contributed by atoms with E-state index in [0.717, 1.165) is 5.56 Å². The summed E-state index contributed by atoms with van der Waals surface area (Å²) in [5.74, 6) is -1.35. The van der Waals surface area contributed by atoms with Gasteiger partial charge in [0.1, 0.15) is 12.6 Å². The zero-order chi connectivity index (χ0) is 14.3. The fraction of sp³-hybridized carbons (Fsp3) is 0.429. The Balaban J connectivity index is 2.72. The number of carboxylic acid groups (broad SMARTS) is 1. The van der Waals surface area contributed by atoms with Crippen molar-refractivity contribution in [1.29, 1.82) is 0 Å². The summed E-state index contributed by atoms with van der Waals surface area (Å²) in [6.45, 7) is 2.12. The predicted octanol–water partition coefficient (Wildman–Crippen LogP) is 1.18. The second-order valence-corrected chi connectivity index (χ2v) is 4.19. The van der Waals surface area contributed by atoms with Crippen molar-refractivity contribution in [2.75, 3.05) is 20.3 Å². The zero-order valence-electron chi connectivity index (χ0n) is 11.2. The number of carbonyl (C=O) groups is 2. The Morgan fingerprint density at radius 1 is 1.32 bits per heavy atom. The van der Waals surface area contributed by atoms with Crippen molar-refractivity contribution in [2.45, 2.75) is 19.4 Å². The topological polar surface area (TPSA) is 66.8 Å². The number of ether oxygens (including phenoxy) is 1. The molecule has 0 aliphatic rings. The van der Waals surface area contributed by atoms with Crippen LogP contribution in [0.15, 0.2) is 30.3 Å². The normalized spacial score (nSPS) is 11.9. The molecule has 0 fully saturated rings. The van der Waals surface area contributed by atoms with Crippen LogP contribution in [0.25, 0.3) is 0 Å². The lowest BCUT2D eigenvalue weighted by atomic mass is 10.1.